The predicted octanol–water partition coefficient (Wildman–Crippen LogP) is 3.08. The van der Waals surface area contributed by atoms with E-state index in [4.69, 9.17) is 10.5 Å². The summed E-state index contributed by atoms with van der Waals surface area (Å²) in [5.74, 6) is 0.0980. The maximum absolute atomic E-state index is 11.4. The fraction of sp³-hybridized carbons (Fsp3) is 0.118. The normalized spacial score (nSPS) is 12.9. The lowest BCUT2D eigenvalue weighted by Gasteiger charge is -2.29. The molecule has 0 saturated heterocycles. The molecule has 0 spiro atoms. The third kappa shape index (κ3) is 3.94. The van der Waals surface area contributed by atoms with E-state index < -0.39 is 11.0 Å². The molecule has 24 heavy (non-hydrogen) atoms. The summed E-state index contributed by atoms with van der Waals surface area (Å²) in [6.07, 6.45) is 0.207. The summed E-state index contributed by atoms with van der Waals surface area (Å²) >= 11 is 1.14. The van der Waals surface area contributed by atoms with Gasteiger partial charge in [0.25, 0.3) is 0 Å². The van der Waals surface area contributed by atoms with Crippen LogP contribution in [0.2, 0.25) is 0 Å². The van der Waals surface area contributed by atoms with Crippen LogP contribution in [0.15, 0.2) is 47.4 Å². The molecule has 0 aliphatic rings. The Morgan fingerprint density at radius 3 is 2.38 bits per heavy atom. The van der Waals surface area contributed by atoms with Gasteiger partial charge in [-0.2, -0.15) is 0 Å². The Labute approximate surface area is 142 Å². The number of amides is 1. The molecule has 2 aromatic carbocycles. The van der Waals surface area contributed by atoms with Crippen LogP contribution in [-0.4, -0.2) is 23.8 Å². The summed E-state index contributed by atoms with van der Waals surface area (Å²) in [7, 11) is 0. The van der Waals surface area contributed by atoms with Crippen molar-refractivity contribution in [2.24, 2.45) is 5.73 Å². The van der Waals surface area contributed by atoms with Gasteiger partial charge in [-0.05, 0) is 37.3 Å². The zero-order valence-corrected chi connectivity index (χ0v) is 13.6. The van der Waals surface area contributed by atoms with E-state index in [1.54, 1.807) is 25.1 Å². The molecule has 124 valence electrons. The summed E-state index contributed by atoms with van der Waals surface area (Å²) < 4.78 is 5.27. The van der Waals surface area contributed by atoms with Gasteiger partial charge in [0.2, 0.25) is 0 Å². The van der Waals surface area contributed by atoms with Gasteiger partial charge in [0.1, 0.15) is 12.0 Å². The maximum Gasteiger partial charge on any atom is 0.406 e. The molecule has 1 atom stereocenters. The van der Waals surface area contributed by atoms with Crippen molar-refractivity contribution in [1.29, 1.82) is 0 Å². The second-order valence-corrected chi connectivity index (χ2v) is 6.50. The van der Waals surface area contributed by atoms with E-state index in [0.29, 0.717) is 28.6 Å². The van der Waals surface area contributed by atoms with Crippen LogP contribution in [0.1, 0.15) is 33.2 Å². The standard InChI is InChI=1S/C17H15NO5S/c1-17(23-16(18)22,24-14-5-3-13(21)4-6-14)15-7-2-11(9-19)8-12(15)10-20/h2-10,21H,1H3,(H2,18,22). The maximum atomic E-state index is 11.4. The van der Waals surface area contributed by atoms with E-state index in [0.717, 1.165) is 11.8 Å². The average Bonchev–Trinajstić information content (AvgIpc) is 2.55. The topological polar surface area (TPSA) is 107 Å². The lowest BCUT2D eigenvalue weighted by molar-refractivity contribution is 0.0927. The highest BCUT2D eigenvalue weighted by atomic mass is 32.2. The Kier molecular flexibility index (Phi) is 5.25. The Morgan fingerprint density at radius 2 is 1.83 bits per heavy atom. The molecular formula is C17H15NO5S. The highest BCUT2D eigenvalue weighted by molar-refractivity contribution is 8.00. The van der Waals surface area contributed by atoms with Crippen LogP contribution < -0.4 is 5.73 Å². The predicted molar refractivity (Wildman–Crippen MR) is 89.2 cm³/mol. The number of nitrogens with two attached hydrogens (primary N) is 1. The molecule has 6 nitrogen and oxygen atoms in total. The minimum absolute atomic E-state index is 0.0980. The van der Waals surface area contributed by atoms with E-state index in [2.05, 4.69) is 0 Å². The highest BCUT2D eigenvalue weighted by Crippen LogP contribution is 2.43. The molecule has 1 unspecified atom stereocenters. The fourth-order valence-corrected chi connectivity index (χ4v) is 3.37. The Morgan fingerprint density at radius 1 is 1.17 bits per heavy atom. The molecule has 1 amide bonds. The molecule has 7 heteroatoms. The minimum atomic E-state index is -1.29. The van der Waals surface area contributed by atoms with Crippen molar-refractivity contribution in [3.8, 4) is 5.75 Å². The number of primary amides is 1. The van der Waals surface area contributed by atoms with Crippen molar-refractivity contribution in [3.63, 3.8) is 0 Å². The molecule has 0 aliphatic heterocycles. The molecule has 0 bridgehead atoms. The number of aldehydes is 2. The van der Waals surface area contributed by atoms with Crippen LogP contribution in [0.3, 0.4) is 0 Å². The molecule has 3 N–H and O–H groups in total. The van der Waals surface area contributed by atoms with Gasteiger partial charge in [-0.3, -0.25) is 9.59 Å². The van der Waals surface area contributed by atoms with Crippen molar-refractivity contribution in [3.05, 3.63) is 59.2 Å². The number of benzene rings is 2. The number of thioether (sulfide) groups is 1. The van der Waals surface area contributed by atoms with Crippen molar-refractivity contribution >= 4 is 30.4 Å². The van der Waals surface area contributed by atoms with Gasteiger partial charge in [-0.15, -0.1) is 0 Å². The zero-order chi connectivity index (χ0) is 17.7. The van der Waals surface area contributed by atoms with E-state index in [1.165, 1.54) is 24.3 Å². The fourth-order valence-electron chi connectivity index (χ4n) is 2.23. The number of hydrogen-bond donors (Lipinski definition) is 2. The first-order chi connectivity index (χ1) is 11.4. The molecule has 2 aromatic rings. The molecule has 0 saturated carbocycles. The number of phenols is 1. The molecular weight excluding hydrogens is 330 g/mol. The SMILES string of the molecule is CC(OC(N)=O)(Sc1ccc(O)cc1)c1ccc(C=O)cc1C=O. The number of aromatic hydroxyl groups is 1. The highest BCUT2D eigenvalue weighted by Gasteiger charge is 2.34. The summed E-state index contributed by atoms with van der Waals surface area (Å²) in [5.41, 5.74) is 6.13. The first-order valence-electron chi connectivity index (χ1n) is 6.89. The summed E-state index contributed by atoms with van der Waals surface area (Å²) in [6.45, 7) is 1.60. The van der Waals surface area contributed by atoms with Crippen molar-refractivity contribution in [2.75, 3.05) is 0 Å². The van der Waals surface area contributed by atoms with Crippen molar-refractivity contribution in [2.45, 2.75) is 16.8 Å². The van der Waals surface area contributed by atoms with E-state index in [-0.39, 0.29) is 11.3 Å². The van der Waals surface area contributed by atoms with Gasteiger partial charge < -0.3 is 15.6 Å². The van der Waals surface area contributed by atoms with Crippen LogP contribution in [-0.2, 0) is 9.67 Å². The van der Waals surface area contributed by atoms with Crippen molar-refractivity contribution < 1.29 is 24.2 Å². The molecule has 2 rings (SSSR count). The number of hydrogen-bond acceptors (Lipinski definition) is 6. The van der Waals surface area contributed by atoms with Gasteiger partial charge in [-0.1, -0.05) is 23.9 Å². The van der Waals surface area contributed by atoms with Crippen LogP contribution >= 0.6 is 11.8 Å². The zero-order valence-electron chi connectivity index (χ0n) is 12.8. The first-order valence-corrected chi connectivity index (χ1v) is 7.71. The number of phenolic OH excluding ortho intramolecular Hbond substituents is 1. The monoisotopic (exact) mass is 345 g/mol. The summed E-state index contributed by atoms with van der Waals surface area (Å²) in [4.78, 5) is 33.0. The molecule has 0 aliphatic carbocycles. The summed E-state index contributed by atoms with van der Waals surface area (Å²) in [6, 6.07) is 10.7. The average molecular weight is 345 g/mol. The van der Waals surface area contributed by atoms with Crippen LogP contribution in [0.25, 0.3) is 0 Å². The number of carbonyl (C=O) groups excluding carboxylic acids is 3. The second kappa shape index (κ2) is 7.18. The number of rotatable bonds is 6. The van der Waals surface area contributed by atoms with Crippen LogP contribution in [0, 0.1) is 0 Å². The largest absolute Gasteiger partial charge is 0.508 e. The number of carbonyl (C=O) groups is 3. The number of ether oxygens (including phenoxy) is 1. The molecule has 0 radical (unpaired) electrons. The smallest absolute Gasteiger partial charge is 0.406 e. The Hall–Kier alpha value is -2.80. The first kappa shape index (κ1) is 17.6. The van der Waals surface area contributed by atoms with E-state index in [1.807, 2.05) is 0 Å². The second-order valence-electron chi connectivity index (χ2n) is 5.05. The quantitative estimate of drug-likeness (QED) is 0.473. The Balaban J connectivity index is 2.50. The third-order valence-electron chi connectivity index (χ3n) is 3.27. The minimum Gasteiger partial charge on any atom is -0.508 e. The van der Waals surface area contributed by atoms with Gasteiger partial charge in [0, 0.05) is 21.6 Å². The molecule has 0 heterocycles. The lowest BCUT2D eigenvalue weighted by Crippen LogP contribution is -2.30. The summed E-state index contributed by atoms with van der Waals surface area (Å²) in [5, 5.41) is 9.36. The van der Waals surface area contributed by atoms with E-state index in [9.17, 15) is 19.5 Å². The third-order valence-corrected chi connectivity index (χ3v) is 4.47. The molecule has 0 fully saturated rings. The lowest BCUT2D eigenvalue weighted by atomic mass is 10.0. The van der Waals surface area contributed by atoms with Gasteiger partial charge in [0.05, 0.1) is 0 Å². The van der Waals surface area contributed by atoms with E-state index >= 15 is 0 Å². The van der Waals surface area contributed by atoms with Gasteiger partial charge in [0.15, 0.2) is 11.2 Å². The van der Waals surface area contributed by atoms with Gasteiger partial charge in [-0.25, -0.2) is 4.79 Å². The van der Waals surface area contributed by atoms with Crippen LogP contribution in [0.4, 0.5) is 4.79 Å². The van der Waals surface area contributed by atoms with Gasteiger partial charge >= 0.3 is 6.09 Å². The van der Waals surface area contributed by atoms with Crippen molar-refractivity contribution in [1.82, 2.24) is 0 Å². The Bertz CT molecular complexity index is 775. The molecule has 0 aromatic heterocycles. The van der Waals surface area contributed by atoms with Crippen LogP contribution in [0.5, 0.6) is 5.75 Å².